The predicted octanol–water partition coefficient (Wildman–Crippen LogP) is 5.03. The van der Waals surface area contributed by atoms with E-state index in [1.807, 2.05) is 36.4 Å². The number of anilines is 2. The maximum Gasteiger partial charge on any atom is 0.251 e. The number of nitrogens with one attached hydrogen (secondary N) is 2. The third-order valence-corrected chi connectivity index (χ3v) is 8.31. The predicted molar refractivity (Wildman–Crippen MR) is 150 cm³/mol. The van der Waals surface area contributed by atoms with Crippen molar-refractivity contribution in [3.8, 4) is 11.1 Å². The highest BCUT2D eigenvalue weighted by Gasteiger charge is 2.30. The number of aromatic nitrogens is 2. The zero-order valence-corrected chi connectivity index (χ0v) is 22.2. The first kappa shape index (κ1) is 24.6. The number of rotatable bonds is 6. The Kier molecular flexibility index (Phi) is 6.60. The summed E-state index contributed by atoms with van der Waals surface area (Å²) in [5.74, 6) is 2.12. The van der Waals surface area contributed by atoms with Crippen molar-refractivity contribution < 1.29 is 9.59 Å². The van der Waals surface area contributed by atoms with Crippen LogP contribution in [0.1, 0.15) is 76.1 Å². The number of hydrogen-bond donors (Lipinski definition) is 2. The molecule has 0 radical (unpaired) electrons. The normalized spacial score (nSPS) is 19.8. The van der Waals surface area contributed by atoms with E-state index in [0.717, 1.165) is 61.4 Å². The maximum absolute atomic E-state index is 13.2. The Hall–Kier alpha value is -3.74. The lowest BCUT2D eigenvalue weighted by atomic mass is 9.86. The van der Waals surface area contributed by atoms with Crippen LogP contribution in [0.25, 0.3) is 11.1 Å². The molecular formula is C31H35N5O2. The van der Waals surface area contributed by atoms with Gasteiger partial charge in [-0.15, -0.1) is 0 Å². The highest BCUT2D eigenvalue weighted by atomic mass is 16.1. The van der Waals surface area contributed by atoms with Crippen molar-refractivity contribution in [3.05, 3.63) is 70.4 Å². The van der Waals surface area contributed by atoms with Crippen molar-refractivity contribution in [3.63, 3.8) is 0 Å². The topological polar surface area (TPSA) is 87.2 Å². The van der Waals surface area contributed by atoms with Crippen molar-refractivity contribution in [1.29, 1.82) is 0 Å². The van der Waals surface area contributed by atoms with E-state index < -0.39 is 0 Å². The first-order valence-corrected chi connectivity index (χ1v) is 13.9. The summed E-state index contributed by atoms with van der Waals surface area (Å²) in [5, 5.41) is 6.77. The molecule has 2 N–H and O–H groups in total. The second kappa shape index (κ2) is 10.2. The van der Waals surface area contributed by atoms with Gasteiger partial charge in [0.2, 0.25) is 5.95 Å². The van der Waals surface area contributed by atoms with E-state index in [2.05, 4.69) is 29.6 Å². The number of amides is 1. The first-order valence-electron chi connectivity index (χ1n) is 13.9. The summed E-state index contributed by atoms with van der Waals surface area (Å²) in [6.45, 7) is 0.644. The average Bonchev–Trinajstić information content (AvgIpc) is 3.24. The van der Waals surface area contributed by atoms with E-state index in [0.29, 0.717) is 35.2 Å². The largest absolute Gasteiger partial charge is 0.362 e. The van der Waals surface area contributed by atoms with Crippen LogP contribution in [0, 0.1) is 5.92 Å². The van der Waals surface area contributed by atoms with Crippen molar-refractivity contribution >= 4 is 23.5 Å². The van der Waals surface area contributed by atoms with Crippen molar-refractivity contribution in [2.24, 2.45) is 5.92 Å². The molecule has 3 aliphatic rings. The van der Waals surface area contributed by atoms with Crippen LogP contribution in [0.2, 0.25) is 0 Å². The van der Waals surface area contributed by atoms with Crippen LogP contribution in [-0.2, 0) is 12.8 Å². The van der Waals surface area contributed by atoms with Gasteiger partial charge in [0.15, 0.2) is 5.78 Å². The first-order chi connectivity index (χ1) is 18.5. The number of fused-ring (bicyclic) bond motifs is 4. The molecule has 7 nitrogen and oxygen atoms in total. The van der Waals surface area contributed by atoms with Gasteiger partial charge in [0.05, 0.1) is 5.69 Å². The van der Waals surface area contributed by atoms with Gasteiger partial charge in [-0.3, -0.25) is 9.59 Å². The Balaban J connectivity index is 1.07. The van der Waals surface area contributed by atoms with Crippen molar-refractivity contribution in [2.75, 3.05) is 30.9 Å². The van der Waals surface area contributed by atoms with E-state index in [1.165, 1.54) is 24.1 Å². The number of ketones is 1. The number of benzene rings is 2. The quantitative estimate of drug-likeness (QED) is 0.379. The van der Waals surface area contributed by atoms with Gasteiger partial charge >= 0.3 is 0 Å². The summed E-state index contributed by atoms with van der Waals surface area (Å²) in [6, 6.07) is 13.3. The lowest BCUT2D eigenvalue weighted by molar-refractivity contribution is 0.0944. The van der Waals surface area contributed by atoms with Crippen LogP contribution in [0.15, 0.2) is 42.5 Å². The minimum atomic E-state index is -0.106. The summed E-state index contributed by atoms with van der Waals surface area (Å²) in [5.41, 5.74) is 6.00. The van der Waals surface area contributed by atoms with Gasteiger partial charge in [-0.2, -0.15) is 4.98 Å². The summed E-state index contributed by atoms with van der Waals surface area (Å²) in [6.07, 6.45) is 8.64. The second-order valence-corrected chi connectivity index (χ2v) is 11.1. The molecule has 7 heteroatoms. The van der Waals surface area contributed by atoms with E-state index in [9.17, 15) is 9.59 Å². The van der Waals surface area contributed by atoms with Crippen LogP contribution in [0.3, 0.4) is 0 Å². The van der Waals surface area contributed by atoms with Gasteiger partial charge in [-0.1, -0.05) is 36.4 Å². The summed E-state index contributed by atoms with van der Waals surface area (Å²) >= 11 is 0. The molecule has 0 bridgehead atoms. The summed E-state index contributed by atoms with van der Waals surface area (Å²) in [4.78, 5) is 37.9. The van der Waals surface area contributed by atoms with Gasteiger partial charge in [0.25, 0.3) is 5.91 Å². The average molecular weight is 510 g/mol. The smallest absolute Gasteiger partial charge is 0.251 e. The Bertz CT molecular complexity index is 1390. The molecule has 0 unspecified atom stereocenters. The molecule has 2 aromatic carbocycles. The molecule has 6 rings (SSSR count). The molecule has 1 heterocycles. The molecule has 1 saturated carbocycles. The maximum atomic E-state index is 13.2. The number of hydrogen-bond acceptors (Lipinski definition) is 6. The van der Waals surface area contributed by atoms with Crippen LogP contribution in [0.5, 0.6) is 0 Å². The minimum Gasteiger partial charge on any atom is -0.362 e. The molecule has 0 aliphatic heterocycles. The number of nitrogens with zero attached hydrogens (tertiary/aromatic N) is 3. The standard InChI is InChI=1S/C31H35N5O2/c1-36(2)29-23-10-5-6-13-26(23)34-31(35-29)33-20-16-14-19(15-17-20)18-32-30(38)25-12-7-11-24-27(25)21-8-3-4-9-22(21)28(24)37/h3-4,7-9,11-12,19-20H,5-6,10,13-18H2,1-2H3,(H,32,38)(H,33,34,35)/t19-,20+. The Morgan fingerprint density at radius 1 is 0.921 bits per heavy atom. The van der Waals surface area contributed by atoms with Gasteiger partial charge in [-0.25, -0.2) is 4.98 Å². The summed E-state index contributed by atoms with van der Waals surface area (Å²) in [7, 11) is 4.11. The Morgan fingerprint density at radius 3 is 2.45 bits per heavy atom. The van der Waals surface area contributed by atoms with Crippen molar-refractivity contribution in [2.45, 2.75) is 57.4 Å². The SMILES string of the molecule is CN(C)c1nc(N[C@H]2CC[C@@H](CNC(=O)c3cccc4c3-c3ccccc3C4=O)CC2)nc2c1CCCC2. The van der Waals surface area contributed by atoms with E-state index in [1.54, 1.807) is 6.07 Å². The zero-order chi connectivity index (χ0) is 26.2. The third-order valence-electron chi connectivity index (χ3n) is 8.31. The van der Waals surface area contributed by atoms with Crippen molar-refractivity contribution in [1.82, 2.24) is 15.3 Å². The molecule has 0 saturated heterocycles. The fraction of sp³-hybridized carbons (Fsp3) is 0.419. The van der Waals surface area contributed by atoms with Gasteiger partial charge in [-0.05, 0) is 68.9 Å². The van der Waals surface area contributed by atoms with Crippen LogP contribution in [-0.4, -0.2) is 48.3 Å². The van der Waals surface area contributed by atoms with Crippen LogP contribution in [0.4, 0.5) is 11.8 Å². The second-order valence-electron chi connectivity index (χ2n) is 11.1. The van der Waals surface area contributed by atoms with E-state index in [4.69, 9.17) is 9.97 Å². The fourth-order valence-corrected chi connectivity index (χ4v) is 6.30. The van der Waals surface area contributed by atoms with Gasteiger partial charge in [0, 0.05) is 54.5 Å². The van der Waals surface area contributed by atoms with E-state index in [-0.39, 0.29) is 11.7 Å². The molecule has 1 aromatic heterocycles. The molecule has 0 atom stereocenters. The minimum absolute atomic E-state index is 0.00307. The van der Waals surface area contributed by atoms with Gasteiger partial charge < -0.3 is 15.5 Å². The monoisotopic (exact) mass is 509 g/mol. The Morgan fingerprint density at radius 2 is 1.66 bits per heavy atom. The molecule has 3 aliphatic carbocycles. The summed E-state index contributed by atoms with van der Waals surface area (Å²) < 4.78 is 0. The molecule has 1 amide bonds. The number of carbonyl (C=O) groups is 2. The number of aryl methyl sites for hydroxylation is 1. The molecule has 38 heavy (non-hydrogen) atoms. The van der Waals surface area contributed by atoms with Crippen LogP contribution >= 0.6 is 0 Å². The lowest BCUT2D eigenvalue weighted by Gasteiger charge is -2.30. The molecule has 0 spiro atoms. The fourth-order valence-electron chi connectivity index (χ4n) is 6.30. The third kappa shape index (κ3) is 4.55. The molecule has 1 fully saturated rings. The zero-order valence-electron chi connectivity index (χ0n) is 22.2. The Labute approximate surface area is 224 Å². The lowest BCUT2D eigenvalue weighted by Crippen LogP contribution is -2.34. The highest BCUT2D eigenvalue weighted by molar-refractivity contribution is 6.24. The van der Waals surface area contributed by atoms with Crippen LogP contribution < -0.4 is 15.5 Å². The molecular weight excluding hydrogens is 474 g/mol. The molecule has 3 aromatic rings. The molecule has 196 valence electrons. The van der Waals surface area contributed by atoms with Gasteiger partial charge in [0.1, 0.15) is 5.82 Å². The number of carbonyl (C=O) groups excluding carboxylic acids is 2. The van der Waals surface area contributed by atoms with E-state index >= 15 is 0 Å². The highest BCUT2D eigenvalue weighted by Crippen LogP contribution is 2.39.